The van der Waals surface area contributed by atoms with Crippen LogP contribution in [0.5, 0.6) is 0 Å². The Morgan fingerprint density at radius 1 is 1.78 bits per heavy atom. The van der Waals surface area contributed by atoms with E-state index in [1.54, 1.807) is 0 Å². The molecule has 0 aromatic carbocycles. The van der Waals surface area contributed by atoms with Crippen LogP contribution in [-0.2, 0) is 0 Å². The first kappa shape index (κ1) is 7.03. The summed E-state index contributed by atoms with van der Waals surface area (Å²) in [6, 6.07) is 0. The van der Waals surface area contributed by atoms with Crippen LogP contribution in [0, 0.1) is 6.92 Å². The van der Waals surface area contributed by atoms with Crippen LogP contribution in [-0.4, -0.2) is 31.2 Å². The second kappa shape index (κ2) is 3.18. The Kier molecular flexibility index (Phi) is 2.49. The van der Waals surface area contributed by atoms with E-state index in [2.05, 4.69) is 24.2 Å². The van der Waals surface area contributed by atoms with E-state index in [-0.39, 0.29) is 0 Å². The summed E-state index contributed by atoms with van der Waals surface area (Å²) in [5.74, 6) is 0. The third-order valence-corrected chi connectivity index (χ3v) is 1.90. The zero-order valence-electron chi connectivity index (χ0n) is 6.06. The quantitative estimate of drug-likeness (QED) is 0.580. The molecule has 0 aromatic rings. The molecule has 1 heterocycles. The predicted molar refractivity (Wildman–Crippen MR) is 39.0 cm³/mol. The van der Waals surface area contributed by atoms with E-state index in [4.69, 9.17) is 0 Å². The molecule has 1 unspecified atom stereocenters. The molecule has 2 heteroatoms. The summed E-state index contributed by atoms with van der Waals surface area (Å²) in [6.07, 6.45) is 3.21. The molecule has 0 aliphatic carbocycles. The third-order valence-electron chi connectivity index (χ3n) is 1.90. The molecule has 1 aliphatic rings. The maximum Gasteiger partial charge on any atom is 0.0595 e. The van der Waals surface area contributed by atoms with Gasteiger partial charge in [-0.3, -0.25) is 4.90 Å². The fraction of sp³-hybridized carbons (Fsp3) is 0.857. The molecule has 0 spiro atoms. The molecule has 1 rings (SSSR count). The number of nitrogens with zero attached hydrogens (tertiary/aromatic N) is 1. The zero-order valence-corrected chi connectivity index (χ0v) is 6.06. The summed E-state index contributed by atoms with van der Waals surface area (Å²) >= 11 is 0. The highest BCUT2D eigenvalue weighted by Gasteiger charge is 2.18. The van der Waals surface area contributed by atoms with Crippen molar-refractivity contribution in [2.45, 2.75) is 19.0 Å². The van der Waals surface area contributed by atoms with E-state index >= 15 is 0 Å². The van der Waals surface area contributed by atoms with Crippen molar-refractivity contribution in [2.24, 2.45) is 0 Å². The number of nitrogens with one attached hydrogen (secondary N) is 1. The van der Waals surface area contributed by atoms with Crippen molar-refractivity contribution in [3.05, 3.63) is 6.92 Å². The van der Waals surface area contributed by atoms with Crippen LogP contribution < -0.4 is 5.32 Å². The molecule has 0 amide bonds. The van der Waals surface area contributed by atoms with Crippen molar-refractivity contribution in [1.82, 2.24) is 10.2 Å². The molecular formula is C7H15N2. The van der Waals surface area contributed by atoms with Gasteiger partial charge in [0, 0.05) is 0 Å². The number of hydrogen-bond acceptors (Lipinski definition) is 2. The number of hydrogen-bond donors (Lipinski definition) is 1. The average molecular weight is 127 g/mol. The first-order valence-electron chi connectivity index (χ1n) is 3.57. The minimum absolute atomic E-state index is 0.600. The van der Waals surface area contributed by atoms with Crippen LogP contribution in [0.4, 0.5) is 0 Å². The van der Waals surface area contributed by atoms with Crippen LogP contribution in [0.2, 0.25) is 0 Å². The van der Waals surface area contributed by atoms with Crippen molar-refractivity contribution in [2.75, 3.05) is 20.1 Å². The Morgan fingerprint density at radius 3 is 3.00 bits per heavy atom. The molecule has 1 saturated heterocycles. The largest absolute Gasteiger partial charge is 0.302 e. The van der Waals surface area contributed by atoms with E-state index in [1.165, 1.54) is 19.4 Å². The molecule has 53 valence electrons. The first-order chi connectivity index (χ1) is 4.34. The van der Waals surface area contributed by atoms with E-state index in [0.29, 0.717) is 6.17 Å². The predicted octanol–water partition coefficient (Wildman–Crippen LogP) is 0.462. The van der Waals surface area contributed by atoms with Crippen molar-refractivity contribution < 1.29 is 0 Å². The second-order valence-corrected chi connectivity index (χ2v) is 2.59. The molecule has 1 fully saturated rings. The number of rotatable bonds is 2. The fourth-order valence-corrected chi connectivity index (χ4v) is 1.33. The molecule has 2 nitrogen and oxygen atoms in total. The highest BCUT2D eigenvalue weighted by Crippen LogP contribution is 2.10. The maximum atomic E-state index is 3.75. The lowest BCUT2D eigenvalue weighted by Gasteiger charge is -2.19. The van der Waals surface area contributed by atoms with Gasteiger partial charge in [0.1, 0.15) is 0 Å². The van der Waals surface area contributed by atoms with Gasteiger partial charge in [0.05, 0.1) is 6.17 Å². The topological polar surface area (TPSA) is 15.3 Å². The van der Waals surface area contributed by atoms with E-state index in [9.17, 15) is 0 Å². The zero-order chi connectivity index (χ0) is 6.69. The Hall–Kier alpha value is -0.0800. The third kappa shape index (κ3) is 1.66. The van der Waals surface area contributed by atoms with Gasteiger partial charge in [-0.2, -0.15) is 0 Å². The van der Waals surface area contributed by atoms with Gasteiger partial charge in [-0.05, 0) is 39.9 Å². The Balaban J connectivity index is 2.22. The first-order valence-corrected chi connectivity index (χ1v) is 3.57. The van der Waals surface area contributed by atoms with Gasteiger partial charge in [0.15, 0.2) is 0 Å². The van der Waals surface area contributed by atoms with Gasteiger partial charge in [-0.15, -0.1) is 0 Å². The second-order valence-electron chi connectivity index (χ2n) is 2.59. The average Bonchev–Trinajstić information content (AvgIpc) is 2.18. The summed E-state index contributed by atoms with van der Waals surface area (Å²) in [5.41, 5.74) is 0. The minimum Gasteiger partial charge on any atom is -0.302 e. The minimum atomic E-state index is 0.600. The molecule has 1 N–H and O–H groups in total. The SMILES string of the molecule is [CH2]CNC1CCCN1C. The molecule has 9 heavy (non-hydrogen) atoms. The monoisotopic (exact) mass is 127 g/mol. The Morgan fingerprint density at radius 2 is 2.56 bits per heavy atom. The summed E-state index contributed by atoms with van der Waals surface area (Å²) in [4.78, 5) is 2.34. The van der Waals surface area contributed by atoms with E-state index < -0.39 is 0 Å². The van der Waals surface area contributed by atoms with Gasteiger partial charge >= 0.3 is 0 Å². The van der Waals surface area contributed by atoms with Gasteiger partial charge in [0.25, 0.3) is 0 Å². The van der Waals surface area contributed by atoms with E-state index in [1.807, 2.05) is 0 Å². The Bertz CT molecular complexity index is 83.0. The molecule has 0 saturated carbocycles. The lowest BCUT2D eigenvalue weighted by atomic mass is 10.3. The molecule has 0 aromatic heterocycles. The molecule has 1 radical (unpaired) electrons. The summed E-state index contributed by atoms with van der Waals surface area (Å²) in [7, 11) is 2.15. The van der Waals surface area contributed by atoms with Crippen molar-refractivity contribution in [1.29, 1.82) is 0 Å². The Labute approximate surface area is 57.2 Å². The van der Waals surface area contributed by atoms with Gasteiger partial charge in [0.2, 0.25) is 0 Å². The van der Waals surface area contributed by atoms with Crippen LogP contribution in [0.1, 0.15) is 12.8 Å². The molecule has 0 bridgehead atoms. The smallest absolute Gasteiger partial charge is 0.0595 e. The summed E-state index contributed by atoms with van der Waals surface area (Å²) in [6.45, 7) is 5.82. The highest BCUT2D eigenvalue weighted by atomic mass is 15.3. The van der Waals surface area contributed by atoms with Gasteiger partial charge in [-0.1, -0.05) is 0 Å². The lowest BCUT2D eigenvalue weighted by Crippen LogP contribution is -2.38. The normalized spacial score (nSPS) is 29.3. The van der Waals surface area contributed by atoms with E-state index in [0.717, 1.165) is 6.54 Å². The van der Waals surface area contributed by atoms with Gasteiger partial charge in [-0.25, -0.2) is 0 Å². The fourth-order valence-electron chi connectivity index (χ4n) is 1.33. The van der Waals surface area contributed by atoms with Crippen LogP contribution in [0.15, 0.2) is 0 Å². The van der Waals surface area contributed by atoms with Crippen LogP contribution in [0.3, 0.4) is 0 Å². The molecule has 1 aliphatic heterocycles. The summed E-state index contributed by atoms with van der Waals surface area (Å²) < 4.78 is 0. The van der Waals surface area contributed by atoms with Crippen LogP contribution in [0.25, 0.3) is 0 Å². The standard InChI is InChI=1S/C7H15N2/c1-3-8-7-5-4-6-9(7)2/h7-8H,1,3-6H2,2H3. The highest BCUT2D eigenvalue weighted by molar-refractivity contribution is 4.73. The van der Waals surface area contributed by atoms with Crippen molar-refractivity contribution >= 4 is 0 Å². The van der Waals surface area contributed by atoms with Crippen molar-refractivity contribution in [3.8, 4) is 0 Å². The van der Waals surface area contributed by atoms with Crippen LogP contribution >= 0.6 is 0 Å². The van der Waals surface area contributed by atoms with Gasteiger partial charge < -0.3 is 5.32 Å². The van der Waals surface area contributed by atoms with Crippen molar-refractivity contribution in [3.63, 3.8) is 0 Å². The maximum absolute atomic E-state index is 3.75. The number of likely N-dealkylation sites (tertiary alicyclic amines) is 1. The molecular weight excluding hydrogens is 112 g/mol. The molecule has 1 atom stereocenters. The summed E-state index contributed by atoms with van der Waals surface area (Å²) in [5, 5.41) is 3.31. The lowest BCUT2D eigenvalue weighted by molar-refractivity contribution is 0.272.